The fourth-order valence-electron chi connectivity index (χ4n) is 3.00. The van der Waals surface area contributed by atoms with Crippen LogP contribution in [-0.2, 0) is 18.2 Å². The van der Waals surface area contributed by atoms with Gasteiger partial charge in [0.1, 0.15) is 32.8 Å². The number of pyridine rings is 1. The molecule has 0 saturated heterocycles. The Balaban J connectivity index is 1.94. The molecule has 0 aliphatic heterocycles. The highest BCUT2D eigenvalue weighted by molar-refractivity contribution is 7.93. The number of thiophene rings is 1. The second-order valence-corrected chi connectivity index (χ2v) is 10.3. The average Bonchev–Trinajstić information content (AvgIpc) is 3.40. The number of nitrogens with two attached hydrogens (primary N) is 1. The molecule has 0 bridgehead atoms. The van der Waals surface area contributed by atoms with Crippen molar-refractivity contribution < 1.29 is 4.55 Å². The topological polar surface area (TPSA) is 89.9 Å². The van der Waals surface area contributed by atoms with E-state index in [9.17, 15) is 4.55 Å². The first-order valence-electron chi connectivity index (χ1n) is 9.02. The predicted octanol–water partition coefficient (Wildman–Crippen LogP) is 4.96. The molecule has 4 aromatic rings. The monoisotopic (exact) mass is 432 g/mol. The zero-order valence-corrected chi connectivity index (χ0v) is 18.4. The molecule has 6 nitrogen and oxygen atoms in total. The fourth-order valence-corrected chi connectivity index (χ4v) is 6.43. The van der Waals surface area contributed by atoms with Crippen molar-refractivity contribution >= 4 is 49.8 Å². The Morgan fingerprint density at radius 2 is 2.11 bits per heavy atom. The van der Waals surface area contributed by atoms with Crippen LogP contribution in [0.1, 0.15) is 25.6 Å². The van der Waals surface area contributed by atoms with Gasteiger partial charge >= 0.3 is 0 Å². The van der Waals surface area contributed by atoms with Crippen LogP contribution in [0.4, 0.5) is 5.69 Å². The van der Waals surface area contributed by atoms with E-state index in [4.69, 9.17) is 15.7 Å². The van der Waals surface area contributed by atoms with Crippen LogP contribution >= 0.6 is 22.7 Å². The Kier molecular flexibility index (Phi) is 5.42. The van der Waals surface area contributed by atoms with E-state index in [1.807, 2.05) is 36.2 Å². The number of fused-ring (bicyclic) bond motifs is 1. The van der Waals surface area contributed by atoms with Crippen LogP contribution in [0.5, 0.6) is 0 Å². The zero-order valence-electron chi connectivity index (χ0n) is 16.0. The lowest BCUT2D eigenvalue weighted by atomic mass is 10.1. The average molecular weight is 433 g/mol. The molecule has 1 unspecified atom stereocenters. The standard InChI is InChI=1S/C19H22N5OS3/c1-4-5-8-28(25)19-16(20)15-12(14-10-24(3)11(2)22-14)9-13(23-18(15)27-19)17-21-6-7-26-17/h6-7,9-10,25H,4-5,8,20H2,1-3H3/q+1. The van der Waals surface area contributed by atoms with E-state index in [0.29, 0.717) is 5.69 Å². The van der Waals surface area contributed by atoms with E-state index in [1.165, 1.54) is 11.3 Å². The van der Waals surface area contributed by atoms with Gasteiger partial charge in [0.15, 0.2) is 11.2 Å². The van der Waals surface area contributed by atoms with Crippen LogP contribution in [0, 0.1) is 6.92 Å². The normalized spacial score (nSPS) is 12.7. The summed E-state index contributed by atoms with van der Waals surface area (Å²) in [6, 6.07) is 2.01. The molecule has 28 heavy (non-hydrogen) atoms. The van der Waals surface area contributed by atoms with Crippen LogP contribution in [0.3, 0.4) is 0 Å². The van der Waals surface area contributed by atoms with E-state index in [0.717, 1.165) is 60.8 Å². The third kappa shape index (κ3) is 3.43. The fraction of sp³-hybridized carbons (Fsp3) is 0.316. The second kappa shape index (κ2) is 7.82. The molecule has 4 rings (SSSR count). The van der Waals surface area contributed by atoms with Gasteiger partial charge in [-0.3, -0.25) is 0 Å². The molecular weight excluding hydrogens is 410 g/mol. The number of thiazole rings is 1. The quantitative estimate of drug-likeness (QED) is 0.420. The maximum Gasteiger partial charge on any atom is 0.269 e. The van der Waals surface area contributed by atoms with E-state index in [-0.39, 0.29) is 0 Å². The number of aryl methyl sites for hydroxylation is 2. The third-order valence-electron chi connectivity index (χ3n) is 4.61. The highest BCUT2D eigenvalue weighted by Crippen LogP contribution is 2.43. The Labute approximate surface area is 174 Å². The smallest absolute Gasteiger partial charge is 0.269 e. The number of nitrogen functional groups attached to an aromatic ring is 1. The van der Waals surface area contributed by atoms with Crippen molar-refractivity contribution in [3.63, 3.8) is 0 Å². The molecule has 0 radical (unpaired) electrons. The van der Waals surface area contributed by atoms with Crippen molar-refractivity contribution in [3.05, 3.63) is 29.7 Å². The molecule has 1 atom stereocenters. The SMILES string of the molecule is CCCC[S+](O)c1sc2nc(-c3nccs3)cc(-c3cn(C)c(C)n3)c2c1N. The minimum atomic E-state index is -0.870. The largest absolute Gasteiger partial charge is 0.393 e. The van der Waals surface area contributed by atoms with Gasteiger partial charge in [-0.25, -0.2) is 15.0 Å². The predicted molar refractivity (Wildman–Crippen MR) is 120 cm³/mol. The van der Waals surface area contributed by atoms with Gasteiger partial charge in [0, 0.05) is 35.8 Å². The summed E-state index contributed by atoms with van der Waals surface area (Å²) in [5.41, 5.74) is 9.75. The van der Waals surface area contributed by atoms with Gasteiger partial charge in [0.2, 0.25) is 0 Å². The van der Waals surface area contributed by atoms with E-state index < -0.39 is 11.2 Å². The first-order valence-corrected chi connectivity index (χ1v) is 12.1. The summed E-state index contributed by atoms with van der Waals surface area (Å²) in [6.07, 6.45) is 5.79. The molecule has 0 aromatic carbocycles. The Morgan fingerprint density at radius 1 is 1.29 bits per heavy atom. The van der Waals surface area contributed by atoms with Gasteiger partial charge in [0.05, 0.1) is 5.69 Å². The van der Waals surface area contributed by atoms with Crippen LogP contribution in [-0.4, -0.2) is 29.8 Å². The summed E-state index contributed by atoms with van der Waals surface area (Å²) in [4.78, 5) is 14.8. The van der Waals surface area contributed by atoms with Crippen molar-refractivity contribution in [1.29, 1.82) is 0 Å². The van der Waals surface area contributed by atoms with Gasteiger partial charge in [0.25, 0.3) is 4.21 Å². The summed E-state index contributed by atoms with van der Waals surface area (Å²) in [7, 11) is 1.98. The van der Waals surface area contributed by atoms with E-state index in [1.54, 1.807) is 17.5 Å². The van der Waals surface area contributed by atoms with Gasteiger partial charge in [-0.05, 0) is 19.4 Å². The summed E-state index contributed by atoms with van der Waals surface area (Å²) < 4.78 is 13.5. The summed E-state index contributed by atoms with van der Waals surface area (Å²) >= 11 is 2.16. The number of rotatable bonds is 6. The molecule has 0 aliphatic rings. The van der Waals surface area contributed by atoms with Crippen molar-refractivity contribution in [3.8, 4) is 22.0 Å². The lowest BCUT2D eigenvalue weighted by molar-refractivity contribution is 0.636. The number of anilines is 1. The van der Waals surface area contributed by atoms with Gasteiger partial charge in [-0.1, -0.05) is 24.7 Å². The number of hydrogen-bond acceptors (Lipinski definition) is 7. The van der Waals surface area contributed by atoms with Crippen molar-refractivity contribution in [2.75, 3.05) is 11.5 Å². The number of unbranched alkanes of at least 4 members (excludes halogenated alkanes) is 1. The van der Waals surface area contributed by atoms with Crippen molar-refractivity contribution in [2.24, 2.45) is 7.05 Å². The Bertz CT molecular complexity index is 1100. The lowest BCUT2D eigenvalue weighted by Crippen LogP contribution is -2.06. The van der Waals surface area contributed by atoms with Crippen molar-refractivity contribution in [1.82, 2.24) is 19.5 Å². The molecule has 0 aliphatic carbocycles. The summed E-state index contributed by atoms with van der Waals surface area (Å²) in [5.74, 6) is 1.65. The maximum absolute atomic E-state index is 10.7. The summed E-state index contributed by atoms with van der Waals surface area (Å²) in [6.45, 7) is 4.09. The molecule has 4 aromatic heterocycles. The first kappa shape index (κ1) is 19.4. The van der Waals surface area contributed by atoms with Crippen LogP contribution < -0.4 is 5.73 Å². The summed E-state index contributed by atoms with van der Waals surface area (Å²) in [5, 5.41) is 3.68. The molecular formula is C19H22N5OS3+. The van der Waals surface area contributed by atoms with Gasteiger partial charge in [-0.15, -0.1) is 11.3 Å². The molecule has 0 saturated carbocycles. The third-order valence-corrected chi connectivity index (χ3v) is 8.45. The minimum absolute atomic E-state index is 0.624. The molecule has 4 heterocycles. The second-order valence-electron chi connectivity index (χ2n) is 6.58. The number of nitrogens with zero attached hydrogens (tertiary/aromatic N) is 4. The van der Waals surface area contributed by atoms with E-state index in [2.05, 4.69) is 11.9 Å². The number of aromatic nitrogens is 4. The highest BCUT2D eigenvalue weighted by atomic mass is 32.2. The molecule has 0 amide bonds. The molecule has 9 heteroatoms. The highest BCUT2D eigenvalue weighted by Gasteiger charge is 2.30. The first-order chi connectivity index (χ1) is 13.5. The van der Waals surface area contributed by atoms with Crippen molar-refractivity contribution in [2.45, 2.75) is 30.9 Å². The molecule has 146 valence electrons. The van der Waals surface area contributed by atoms with E-state index >= 15 is 0 Å². The number of hydrogen-bond donors (Lipinski definition) is 2. The minimum Gasteiger partial charge on any atom is -0.393 e. The molecule has 0 spiro atoms. The van der Waals surface area contributed by atoms with Crippen LogP contribution in [0.2, 0.25) is 0 Å². The van der Waals surface area contributed by atoms with Gasteiger partial charge in [-0.2, -0.15) is 4.55 Å². The van der Waals surface area contributed by atoms with Crippen LogP contribution in [0.15, 0.2) is 28.0 Å². The number of imidazole rings is 1. The maximum atomic E-state index is 10.7. The Hall–Kier alpha value is -1.94. The lowest BCUT2D eigenvalue weighted by Gasteiger charge is -2.04. The zero-order chi connectivity index (χ0) is 19.8. The molecule has 3 N–H and O–H groups in total. The Morgan fingerprint density at radius 3 is 2.75 bits per heavy atom. The molecule has 0 fully saturated rings. The van der Waals surface area contributed by atoms with Crippen LogP contribution in [0.25, 0.3) is 32.2 Å². The van der Waals surface area contributed by atoms with Gasteiger partial charge < -0.3 is 10.3 Å².